The zero-order chi connectivity index (χ0) is 21.5. The molecule has 6 nitrogen and oxygen atoms in total. The van der Waals surface area contributed by atoms with Crippen LogP contribution in [0.15, 0.2) is 36.5 Å². The molecule has 0 N–H and O–H groups in total. The third-order valence-electron chi connectivity index (χ3n) is 5.42. The van der Waals surface area contributed by atoms with Crippen molar-refractivity contribution in [2.24, 2.45) is 0 Å². The minimum Gasteiger partial charge on any atom is -0.497 e. The number of fused-ring (bicyclic) bond motifs is 1. The first-order valence-corrected chi connectivity index (χ1v) is 9.71. The quantitative estimate of drug-likeness (QED) is 0.631. The van der Waals surface area contributed by atoms with Crippen LogP contribution in [-0.4, -0.2) is 45.1 Å². The van der Waals surface area contributed by atoms with Crippen molar-refractivity contribution >= 4 is 11.6 Å². The summed E-state index contributed by atoms with van der Waals surface area (Å²) in [6, 6.07) is 7.57. The van der Waals surface area contributed by atoms with Crippen LogP contribution < -0.4 is 4.74 Å². The van der Waals surface area contributed by atoms with Gasteiger partial charge in [-0.1, -0.05) is 12.1 Å². The van der Waals surface area contributed by atoms with Gasteiger partial charge in [-0.15, -0.1) is 0 Å². The van der Waals surface area contributed by atoms with Crippen molar-refractivity contribution in [3.63, 3.8) is 0 Å². The van der Waals surface area contributed by atoms with Crippen LogP contribution in [0.5, 0.6) is 5.75 Å². The van der Waals surface area contributed by atoms with E-state index >= 15 is 0 Å². The van der Waals surface area contributed by atoms with E-state index in [0.29, 0.717) is 22.4 Å². The lowest BCUT2D eigenvalue weighted by Crippen LogP contribution is -2.42. The third-order valence-corrected chi connectivity index (χ3v) is 5.42. The SMILES string of the molecule is COc1cccc(-c2cc(C(F)(F)F)n3ncc(C(=O)N4CCCC[C@H]4C)c3n2)c1. The number of halogens is 3. The van der Waals surface area contributed by atoms with Crippen LogP contribution in [0.3, 0.4) is 0 Å². The lowest BCUT2D eigenvalue weighted by atomic mass is 10.0. The monoisotopic (exact) mass is 418 g/mol. The Morgan fingerprint density at radius 3 is 2.73 bits per heavy atom. The average molecular weight is 418 g/mol. The van der Waals surface area contributed by atoms with E-state index in [1.165, 1.54) is 13.3 Å². The number of nitrogens with zero attached hydrogens (tertiary/aromatic N) is 4. The largest absolute Gasteiger partial charge is 0.497 e. The highest BCUT2D eigenvalue weighted by Gasteiger charge is 2.36. The van der Waals surface area contributed by atoms with Crippen molar-refractivity contribution in [1.29, 1.82) is 0 Å². The first kappa shape index (κ1) is 20.2. The predicted molar refractivity (Wildman–Crippen MR) is 104 cm³/mol. The fourth-order valence-corrected chi connectivity index (χ4v) is 3.80. The highest BCUT2D eigenvalue weighted by molar-refractivity contribution is 6.00. The van der Waals surface area contributed by atoms with Gasteiger partial charge in [0, 0.05) is 18.2 Å². The van der Waals surface area contributed by atoms with E-state index in [1.54, 1.807) is 29.2 Å². The fraction of sp³-hybridized carbons (Fsp3) is 0.381. The second-order valence-electron chi connectivity index (χ2n) is 7.39. The standard InChI is InChI=1S/C21H21F3N4O2/c1-13-6-3-4-9-27(13)20(29)16-12-25-28-18(21(22,23)24)11-17(26-19(16)28)14-7-5-8-15(10-14)30-2/h5,7-8,10-13H,3-4,6,9H2,1-2H3/t13-/m1/s1. The summed E-state index contributed by atoms with van der Waals surface area (Å²) in [7, 11) is 1.48. The van der Waals surface area contributed by atoms with Gasteiger partial charge in [0.05, 0.1) is 19.0 Å². The minimum atomic E-state index is -4.67. The highest BCUT2D eigenvalue weighted by Crippen LogP contribution is 2.34. The Labute approximate surface area is 171 Å². The number of benzene rings is 1. The maximum absolute atomic E-state index is 13.8. The van der Waals surface area contributed by atoms with E-state index in [2.05, 4.69) is 10.1 Å². The highest BCUT2D eigenvalue weighted by atomic mass is 19.4. The van der Waals surface area contributed by atoms with Crippen LogP contribution in [0.2, 0.25) is 0 Å². The number of ether oxygens (including phenoxy) is 1. The number of hydrogen-bond acceptors (Lipinski definition) is 4. The Morgan fingerprint density at radius 1 is 1.23 bits per heavy atom. The van der Waals surface area contributed by atoms with E-state index < -0.39 is 11.9 Å². The molecule has 1 aliphatic heterocycles. The number of carbonyl (C=O) groups is 1. The van der Waals surface area contributed by atoms with Gasteiger partial charge in [0.25, 0.3) is 5.91 Å². The van der Waals surface area contributed by atoms with E-state index in [1.807, 2.05) is 6.92 Å². The molecule has 1 saturated heterocycles. The number of rotatable bonds is 3. The van der Waals surface area contributed by atoms with Gasteiger partial charge >= 0.3 is 6.18 Å². The molecule has 1 aromatic carbocycles. The molecule has 1 amide bonds. The molecule has 3 aromatic rings. The van der Waals surface area contributed by atoms with Gasteiger partial charge in [-0.25, -0.2) is 9.50 Å². The number of hydrogen-bond donors (Lipinski definition) is 0. The molecule has 0 bridgehead atoms. The number of likely N-dealkylation sites (tertiary alicyclic amines) is 1. The smallest absolute Gasteiger partial charge is 0.433 e. The van der Waals surface area contributed by atoms with Crippen LogP contribution in [0.25, 0.3) is 16.9 Å². The van der Waals surface area contributed by atoms with Crippen molar-refractivity contribution < 1.29 is 22.7 Å². The lowest BCUT2D eigenvalue weighted by molar-refractivity contribution is -0.142. The molecule has 0 radical (unpaired) electrons. The molecule has 0 aliphatic carbocycles. The first-order valence-electron chi connectivity index (χ1n) is 9.71. The number of piperidine rings is 1. The molecule has 2 aromatic heterocycles. The zero-order valence-corrected chi connectivity index (χ0v) is 16.6. The van der Waals surface area contributed by atoms with E-state index in [0.717, 1.165) is 25.3 Å². The molecule has 0 unspecified atom stereocenters. The summed E-state index contributed by atoms with van der Waals surface area (Å²) in [4.78, 5) is 19.2. The molecule has 3 heterocycles. The lowest BCUT2D eigenvalue weighted by Gasteiger charge is -2.33. The van der Waals surface area contributed by atoms with Crippen molar-refractivity contribution in [2.75, 3.05) is 13.7 Å². The van der Waals surface area contributed by atoms with Gasteiger partial charge in [0.2, 0.25) is 0 Å². The first-order chi connectivity index (χ1) is 14.3. The van der Waals surface area contributed by atoms with Gasteiger partial charge in [-0.2, -0.15) is 18.3 Å². The van der Waals surface area contributed by atoms with Crippen LogP contribution in [0, 0.1) is 0 Å². The van der Waals surface area contributed by atoms with Crippen LogP contribution in [0.1, 0.15) is 42.2 Å². The normalized spacial score (nSPS) is 17.4. The summed E-state index contributed by atoms with van der Waals surface area (Å²) < 4.78 is 47.2. The Balaban J connectivity index is 1.88. The fourth-order valence-electron chi connectivity index (χ4n) is 3.80. The second-order valence-corrected chi connectivity index (χ2v) is 7.39. The molecule has 158 valence electrons. The van der Waals surface area contributed by atoms with E-state index in [-0.39, 0.29) is 28.9 Å². The number of methoxy groups -OCH3 is 1. The Morgan fingerprint density at radius 2 is 2.03 bits per heavy atom. The van der Waals surface area contributed by atoms with Gasteiger partial charge in [0.15, 0.2) is 11.3 Å². The summed E-state index contributed by atoms with van der Waals surface area (Å²) in [5, 5.41) is 3.86. The molecule has 0 spiro atoms. The van der Waals surface area contributed by atoms with Gasteiger partial charge in [0.1, 0.15) is 11.3 Å². The van der Waals surface area contributed by atoms with Gasteiger partial charge < -0.3 is 9.64 Å². The summed E-state index contributed by atoms with van der Waals surface area (Å²) in [5.41, 5.74) is -0.483. The van der Waals surface area contributed by atoms with Crippen molar-refractivity contribution in [3.05, 3.63) is 47.8 Å². The summed E-state index contributed by atoms with van der Waals surface area (Å²) in [5.74, 6) is 0.148. The molecule has 9 heteroatoms. The van der Waals surface area contributed by atoms with Gasteiger partial charge in [-0.3, -0.25) is 4.79 Å². The summed E-state index contributed by atoms with van der Waals surface area (Å²) in [6.45, 7) is 2.51. The Bertz CT molecular complexity index is 1090. The molecule has 1 atom stereocenters. The molecule has 1 fully saturated rings. The number of carbonyl (C=O) groups excluding carboxylic acids is 1. The van der Waals surface area contributed by atoms with Crippen LogP contribution in [0.4, 0.5) is 13.2 Å². The molecular formula is C21H21F3N4O2. The maximum Gasteiger partial charge on any atom is 0.433 e. The van der Waals surface area contributed by atoms with E-state index in [4.69, 9.17) is 4.74 Å². The number of amides is 1. The topological polar surface area (TPSA) is 59.7 Å². The molecule has 1 aliphatic rings. The van der Waals surface area contributed by atoms with Crippen molar-refractivity contribution in [1.82, 2.24) is 19.5 Å². The van der Waals surface area contributed by atoms with Gasteiger partial charge in [-0.05, 0) is 44.4 Å². The average Bonchev–Trinajstić information content (AvgIpc) is 3.16. The van der Waals surface area contributed by atoms with Crippen molar-refractivity contribution in [3.8, 4) is 17.0 Å². The molecule has 0 saturated carbocycles. The van der Waals surface area contributed by atoms with E-state index in [9.17, 15) is 18.0 Å². The zero-order valence-electron chi connectivity index (χ0n) is 16.6. The number of alkyl halides is 3. The number of aromatic nitrogens is 3. The molecule has 30 heavy (non-hydrogen) atoms. The van der Waals surface area contributed by atoms with Crippen LogP contribution >= 0.6 is 0 Å². The molecular weight excluding hydrogens is 397 g/mol. The third kappa shape index (κ3) is 3.59. The maximum atomic E-state index is 13.8. The minimum absolute atomic E-state index is 0.0184. The van der Waals surface area contributed by atoms with Crippen LogP contribution in [-0.2, 0) is 6.18 Å². The predicted octanol–water partition coefficient (Wildman–Crippen LogP) is 4.44. The second kappa shape index (κ2) is 7.62. The summed E-state index contributed by atoms with van der Waals surface area (Å²) in [6.07, 6.45) is -0.737. The Kier molecular flexibility index (Phi) is 5.13. The summed E-state index contributed by atoms with van der Waals surface area (Å²) >= 11 is 0. The van der Waals surface area contributed by atoms with Crippen molar-refractivity contribution in [2.45, 2.75) is 38.4 Å². The Hall–Kier alpha value is -3.10. The molecule has 4 rings (SSSR count).